The van der Waals surface area contributed by atoms with E-state index in [1.165, 1.54) is 22.4 Å². The minimum absolute atomic E-state index is 0.125. The number of allylic oxidation sites excluding steroid dienone is 1. The fourth-order valence-electron chi connectivity index (χ4n) is 4.72. The SMILES string of the molecule is C=C1C(CCC(CCCC)C(=O)CCCN(CCC)c2ccc(C)cc2C)=CC=NC1=NCC. The van der Waals surface area contributed by atoms with Crippen LogP contribution in [0.5, 0.6) is 0 Å². The monoisotopic (exact) mass is 463 g/mol. The number of nitrogens with zero attached hydrogens (tertiary/aromatic N) is 3. The van der Waals surface area contributed by atoms with Gasteiger partial charge >= 0.3 is 0 Å². The zero-order valence-corrected chi connectivity index (χ0v) is 22.2. The number of benzene rings is 1. The van der Waals surface area contributed by atoms with Crippen LogP contribution in [0.4, 0.5) is 5.69 Å². The first-order valence-corrected chi connectivity index (χ1v) is 13.2. The lowest BCUT2D eigenvalue weighted by Crippen LogP contribution is -2.27. The number of anilines is 1. The Balaban J connectivity index is 1.96. The summed E-state index contributed by atoms with van der Waals surface area (Å²) in [5, 5.41) is 0. The molecule has 0 amide bonds. The molecular formula is C30H45N3O. The maximum Gasteiger partial charge on any atom is 0.154 e. The quantitative estimate of drug-likeness (QED) is 0.271. The van der Waals surface area contributed by atoms with Gasteiger partial charge in [0, 0.05) is 49.4 Å². The van der Waals surface area contributed by atoms with E-state index in [2.05, 4.69) is 67.4 Å². The molecule has 0 N–H and O–H groups in total. The number of carbonyl (C=O) groups excluding carboxylic acids is 1. The molecule has 0 spiro atoms. The Bertz CT molecular complexity index is 910. The standard InChI is InChI=1S/C30H45N3O/c1-7-10-12-27(16-15-26-18-19-32-30(25(26)6)31-9-3)29(34)13-11-21-33(20-8-2)28-17-14-23(4)22-24(28)5/h14,17-19,22,27H,6-13,15-16,20-21H2,1-5H3. The Morgan fingerprint density at radius 2 is 1.88 bits per heavy atom. The molecule has 0 saturated heterocycles. The van der Waals surface area contributed by atoms with Crippen LogP contribution in [0.1, 0.15) is 83.3 Å². The zero-order valence-electron chi connectivity index (χ0n) is 22.2. The largest absolute Gasteiger partial charge is 0.371 e. The summed E-state index contributed by atoms with van der Waals surface area (Å²) < 4.78 is 0. The van der Waals surface area contributed by atoms with Gasteiger partial charge in [-0.2, -0.15) is 0 Å². The summed E-state index contributed by atoms with van der Waals surface area (Å²) in [4.78, 5) is 24.5. The zero-order chi connectivity index (χ0) is 24.9. The first kappa shape index (κ1) is 27.8. The van der Waals surface area contributed by atoms with Gasteiger partial charge in [-0.25, -0.2) is 4.99 Å². The van der Waals surface area contributed by atoms with Crippen LogP contribution in [0.25, 0.3) is 0 Å². The Labute approximate surface area is 208 Å². The second-order valence-electron chi connectivity index (χ2n) is 9.47. The topological polar surface area (TPSA) is 45.0 Å². The Morgan fingerprint density at radius 3 is 2.56 bits per heavy atom. The summed E-state index contributed by atoms with van der Waals surface area (Å²) in [5.74, 6) is 1.28. The van der Waals surface area contributed by atoms with Crippen molar-refractivity contribution in [1.29, 1.82) is 0 Å². The highest BCUT2D eigenvalue weighted by Crippen LogP contribution is 2.26. The number of dihydropyridines is 1. The molecule has 0 fully saturated rings. The van der Waals surface area contributed by atoms with Crippen LogP contribution < -0.4 is 4.90 Å². The molecule has 4 heteroatoms. The summed E-state index contributed by atoms with van der Waals surface area (Å²) in [7, 11) is 0. The Hall–Kier alpha value is -2.49. The average Bonchev–Trinajstić information content (AvgIpc) is 2.81. The van der Waals surface area contributed by atoms with E-state index in [4.69, 9.17) is 0 Å². The van der Waals surface area contributed by atoms with Gasteiger partial charge < -0.3 is 4.90 Å². The molecule has 1 aromatic rings. The molecule has 186 valence electrons. The van der Waals surface area contributed by atoms with Gasteiger partial charge in [0.05, 0.1) is 0 Å². The summed E-state index contributed by atoms with van der Waals surface area (Å²) in [5.41, 5.74) is 5.99. The molecule has 1 atom stereocenters. The summed E-state index contributed by atoms with van der Waals surface area (Å²) in [6, 6.07) is 6.67. The third-order valence-electron chi connectivity index (χ3n) is 6.60. The van der Waals surface area contributed by atoms with Crippen LogP contribution in [-0.4, -0.2) is 37.5 Å². The van der Waals surface area contributed by atoms with Crippen molar-refractivity contribution in [3.8, 4) is 0 Å². The molecule has 0 aromatic heterocycles. The molecule has 4 nitrogen and oxygen atoms in total. The predicted molar refractivity (Wildman–Crippen MR) is 149 cm³/mol. The molecule has 0 saturated carbocycles. The van der Waals surface area contributed by atoms with E-state index in [1.54, 1.807) is 0 Å². The maximum atomic E-state index is 13.2. The molecule has 1 aliphatic rings. The van der Waals surface area contributed by atoms with E-state index in [0.29, 0.717) is 18.7 Å². The van der Waals surface area contributed by atoms with Gasteiger partial charge in [0.15, 0.2) is 5.84 Å². The lowest BCUT2D eigenvalue weighted by Gasteiger charge is -2.26. The Morgan fingerprint density at radius 1 is 1.09 bits per heavy atom. The molecule has 1 unspecified atom stereocenters. The smallest absolute Gasteiger partial charge is 0.154 e. The highest BCUT2D eigenvalue weighted by molar-refractivity contribution is 6.09. The van der Waals surface area contributed by atoms with Crippen molar-refractivity contribution in [1.82, 2.24) is 0 Å². The van der Waals surface area contributed by atoms with Crippen molar-refractivity contribution in [3.63, 3.8) is 0 Å². The molecule has 0 radical (unpaired) electrons. The number of amidine groups is 1. The van der Waals surface area contributed by atoms with Crippen LogP contribution in [0.2, 0.25) is 0 Å². The first-order chi connectivity index (χ1) is 16.4. The van der Waals surface area contributed by atoms with Crippen molar-refractivity contribution < 1.29 is 4.79 Å². The second kappa shape index (κ2) is 14.7. The normalized spacial score (nSPS) is 15.5. The number of carbonyl (C=O) groups is 1. The Kier molecular flexibility index (Phi) is 12.0. The molecule has 1 heterocycles. The third kappa shape index (κ3) is 8.38. The molecular weight excluding hydrogens is 418 g/mol. The predicted octanol–water partition coefficient (Wildman–Crippen LogP) is 7.44. The average molecular weight is 464 g/mol. The number of Topliss-reactive ketones (excluding diaryl/α,β-unsaturated/α-hetero) is 1. The van der Waals surface area contributed by atoms with E-state index < -0.39 is 0 Å². The maximum absolute atomic E-state index is 13.2. The summed E-state index contributed by atoms with van der Waals surface area (Å²) in [6.07, 6.45) is 11.5. The molecule has 34 heavy (non-hydrogen) atoms. The van der Waals surface area contributed by atoms with Crippen molar-refractivity contribution in [2.45, 2.75) is 86.0 Å². The van der Waals surface area contributed by atoms with Crippen molar-refractivity contribution in [2.24, 2.45) is 15.9 Å². The van der Waals surface area contributed by atoms with E-state index in [0.717, 1.165) is 69.4 Å². The van der Waals surface area contributed by atoms with Crippen LogP contribution in [0.15, 0.2) is 52.0 Å². The van der Waals surface area contributed by atoms with Crippen LogP contribution in [0, 0.1) is 19.8 Å². The number of aliphatic imine (C=N–C) groups is 2. The van der Waals surface area contributed by atoms with E-state index in [1.807, 2.05) is 19.2 Å². The number of hydrogen-bond donors (Lipinski definition) is 0. The molecule has 1 aromatic carbocycles. The number of hydrogen-bond acceptors (Lipinski definition) is 3. The minimum Gasteiger partial charge on any atom is -0.371 e. The molecule has 1 aliphatic heterocycles. The van der Waals surface area contributed by atoms with Gasteiger partial charge in [-0.1, -0.05) is 51.0 Å². The van der Waals surface area contributed by atoms with Gasteiger partial charge in [0.2, 0.25) is 0 Å². The van der Waals surface area contributed by atoms with Crippen LogP contribution in [0.3, 0.4) is 0 Å². The van der Waals surface area contributed by atoms with Gasteiger partial charge in [-0.3, -0.25) is 9.79 Å². The fourth-order valence-corrected chi connectivity index (χ4v) is 4.72. The number of rotatable bonds is 15. The first-order valence-electron chi connectivity index (χ1n) is 13.2. The number of unbranched alkanes of at least 4 members (excludes halogenated alkanes) is 1. The highest BCUT2D eigenvalue weighted by Gasteiger charge is 2.21. The van der Waals surface area contributed by atoms with Crippen LogP contribution in [-0.2, 0) is 4.79 Å². The molecule has 2 rings (SSSR count). The third-order valence-corrected chi connectivity index (χ3v) is 6.60. The molecule has 0 aliphatic carbocycles. The minimum atomic E-state index is 0.125. The fraction of sp³-hybridized carbons (Fsp3) is 0.567. The highest BCUT2D eigenvalue weighted by atomic mass is 16.1. The van der Waals surface area contributed by atoms with Gasteiger partial charge in [-0.15, -0.1) is 0 Å². The second-order valence-corrected chi connectivity index (χ2v) is 9.47. The van der Waals surface area contributed by atoms with Crippen molar-refractivity contribution >= 4 is 23.5 Å². The van der Waals surface area contributed by atoms with Gasteiger partial charge in [0.1, 0.15) is 5.78 Å². The van der Waals surface area contributed by atoms with E-state index in [-0.39, 0.29) is 5.92 Å². The molecule has 0 bridgehead atoms. The lowest BCUT2D eigenvalue weighted by molar-refractivity contribution is -0.123. The van der Waals surface area contributed by atoms with Gasteiger partial charge in [0.25, 0.3) is 0 Å². The van der Waals surface area contributed by atoms with Crippen LogP contribution >= 0.6 is 0 Å². The number of aryl methyl sites for hydroxylation is 2. The van der Waals surface area contributed by atoms with Gasteiger partial charge in [-0.05, 0) is 76.2 Å². The number of ketones is 1. The lowest BCUT2D eigenvalue weighted by atomic mass is 9.87. The van der Waals surface area contributed by atoms with Crippen molar-refractivity contribution in [2.75, 3.05) is 24.5 Å². The van der Waals surface area contributed by atoms with E-state index >= 15 is 0 Å². The summed E-state index contributed by atoms with van der Waals surface area (Å²) in [6.45, 7) is 17.6. The van der Waals surface area contributed by atoms with Crippen molar-refractivity contribution in [3.05, 3.63) is 53.1 Å². The summed E-state index contributed by atoms with van der Waals surface area (Å²) >= 11 is 0. The van der Waals surface area contributed by atoms with E-state index in [9.17, 15) is 4.79 Å².